The molecule has 3 nitrogen and oxygen atoms in total. The minimum Gasteiger partial charge on any atom is -0.381 e. The Hall–Kier alpha value is -0.700. The standard InChI is InChI=1S/C12H18O3/c13-11-5-1-3-9(7-11)12(14)10-4-2-6-15-8-10/h9-10H,1-8H2. The highest BCUT2D eigenvalue weighted by Crippen LogP contribution is 2.27. The van der Waals surface area contributed by atoms with Crippen LogP contribution in [0.25, 0.3) is 0 Å². The van der Waals surface area contributed by atoms with Gasteiger partial charge in [0.25, 0.3) is 0 Å². The van der Waals surface area contributed by atoms with Gasteiger partial charge in [-0.2, -0.15) is 0 Å². The van der Waals surface area contributed by atoms with E-state index in [2.05, 4.69) is 0 Å². The van der Waals surface area contributed by atoms with Crippen LogP contribution in [-0.2, 0) is 14.3 Å². The number of rotatable bonds is 2. The lowest BCUT2D eigenvalue weighted by Crippen LogP contribution is -2.33. The number of carbonyl (C=O) groups is 2. The molecule has 1 aliphatic heterocycles. The van der Waals surface area contributed by atoms with E-state index in [1.165, 1.54) is 0 Å². The summed E-state index contributed by atoms with van der Waals surface area (Å²) in [6.45, 7) is 1.36. The molecule has 0 aromatic rings. The summed E-state index contributed by atoms with van der Waals surface area (Å²) in [6.07, 6.45) is 4.88. The van der Waals surface area contributed by atoms with Crippen molar-refractivity contribution < 1.29 is 14.3 Å². The maximum atomic E-state index is 12.1. The van der Waals surface area contributed by atoms with Gasteiger partial charge >= 0.3 is 0 Å². The molecular weight excluding hydrogens is 192 g/mol. The van der Waals surface area contributed by atoms with Gasteiger partial charge in [0.15, 0.2) is 0 Å². The quantitative estimate of drug-likeness (QED) is 0.697. The van der Waals surface area contributed by atoms with Crippen LogP contribution < -0.4 is 0 Å². The molecule has 1 heterocycles. The van der Waals surface area contributed by atoms with Gasteiger partial charge in [-0.1, -0.05) is 0 Å². The van der Waals surface area contributed by atoms with Crippen molar-refractivity contribution in [3.8, 4) is 0 Å². The Morgan fingerprint density at radius 1 is 1.20 bits per heavy atom. The summed E-state index contributed by atoms with van der Waals surface area (Å²) in [7, 11) is 0. The summed E-state index contributed by atoms with van der Waals surface area (Å²) in [5.74, 6) is 0.603. The van der Waals surface area contributed by atoms with E-state index in [0.717, 1.165) is 32.3 Å². The number of hydrogen-bond acceptors (Lipinski definition) is 3. The lowest BCUT2D eigenvalue weighted by molar-refractivity contribution is -0.135. The first-order valence-electron chi connectivity index (χ1n) is 5.90. The summed E-state index contributed by atoms with van der Waals surface area (Å²) in [4.78, 5) is 23.3. The molecule has 0 aromatic heterocycles. The van der Waals surface area contributed by atoms with Crippen LogP contribution in [0.3, 0.4) is 0 Å². The number of hydrogen-bond donors (Lipinski definition) is 0. The van der Waals surface area contributed by atoms with Crippen molar-refractivity contribution in [3.63, 3.8) is 0 Å². The molecule has 2 fully saturated rings. The Balaban J connectivity index is 1.90. The second-order valence-electron chi connectivity index (χ2n) is 4.65. The average Bonchev–Trinajstić information content (AvgIpc) is 2.29. The van der Waals surface area contributed by atoms with Gasteiger partial charge < -0.3 is 4.74 Å². The zero-order chi connectivity index (χ0) is 10.7. The van der Waals surface area contributed by atoms with Crippen LogP contribution in [0.4, 0.5) is 0 Å². The molecule has 0 bridgehead atoms. The van der Waals surface area contributed by atoms with Gasteiger partial charge in [0.05, 0.1) is 6.61 Å². The highest BCUT2D eigenvalue weighted by atomic mass is 16.5. The monoisotopic (exact) mass is 210 g/mol. The first-order valence-corrected chi connectivity index (χ1v) is 5.90. The average molecular weight is 210 g/mol. The number of ether oxygens (including phenoxy) is 1. The van der Waals surface area contributed by atoms with Gasteiger partial charge in [-0.05, 0) is 25.7 Å². The lowest BCUT2D eigenvalue weighted by Gasteiger charge is -2.27. The minimum atomic E-state index is -0.00190. The molecule has 0 aromatic carbocycles. The maximum absolute atomic E-state index is 12.1. The predicted octanol–water partition coefficient (Wildman–Crippen LogP) is 1.74. The largest absolute Gasteiger partial charge is 0.381 e. The normalized spacial score (nSPS) is 32.7. The second kappa shape index (κ2) is 4.88. The zero-order valence-corrected chi connectivity index (χ0v) is 9.04. The molecule has 84 valence electrons. The van der Waals surface area contributed by atoms with Crippen molar-refractivity contribution in [3.05, 3.63) is 0 Å². The van der Waals surface area contributed by atoms with Crippen molar-refractivity contribution in [2.45, 2.75) is 38.5 Å². The lowest BCUT2D eigenvalue weighted by atomic mass is 9.80. The summed E-state index contributed by atoms with van der Waals surface area (Å²) in [5, 5.41) is 0. The van der Waals surface area contributed by atoms with Crippen molar-refractivity contribution in [1.29, 1.82) is 0 Å². The summed E-state index contributed by atoms with van der Waals surface area (Å²) < 4.78 is 5.32. The Bertz CT molecular complexity index is 254. The van der Waals surface area contributed by atoms with Gasteiger partial charge in [-0.15, -0.1) is 0 Å². The topological polar surface area (TPSA) is 43.4 Å². The van der Waals surface area contributed by atoms with Gasteiger partial charge in [0.2, 0.25) is 0 Å². The van der Waals surface area contributed by atoms with Crippen LogP contribution in [-0.4, -0.2) is 24.8 Å². The van der Waals surface area contributed by atoms with E-state index >= 15 is 0 Å². The molecule has 2 unspecified atom stereocenters. The van der Waals surface area contributed by atoms with Crippen molar-refractivity contribution in [2.24, 2.45) is 11.8 Å². The molecule has 2 aliphatic rings. The van der Waals surface area contributed by atoms with E-state index in [1.54, 1.807) is 0 Å². The van der Waals surface area contributed by atoms with E-state index < -0.39 is 0 Å². The van der Waals surface area contributed by atoms with Gasteiger partial charge in [0.1, 0.15) is 11.6 Å². The fourth-order valence-electron chi connectivity index (χ4n) is 2.57. The number of ketones is 2. The van der Waals surface area contributed by atoms with E-state index in [1.807, 2.05) is 0 Å². The predicted molar refractivity (Wildman–Crippen MR) is 55.5 cm³/mol. The number of Topliss-reactive ketones (excluding diaryl/α,β-unsaturated/α-hetero) is 2. The minimum absolute atomic E-state index is 0.00190. The molecule has 2 atom stereocenters. The molecule has 3 heteroatoms. The maximum Gasteiger partial charge on any atom is 0.141 e. The third-order valence-electron chi connectivity index (χ3n) is 3.45. The highest BCUT2D eigenvalue weighted by molar-refractivity contribution is 5.90. The SMILES string of the molecule is O=C1CCCC(C(=O)C2CCCOC2)C1. The van der Waals surface area contributed by atoms with Gasteiger partial charge in [0, 0.05) is 31.3 Å². The Labute approximate surface area is 90.2 Å². The molecule has 0 spiro atoms. The number of carbonyl (C=O) groups excluding carboxylic acids is 2. The Morgan fingerprint density at radius 2 is 2.00 bits per heavy atom. The van der Waals surface area contributed by atoms with Gasteiger partial charge in [-0.3, -0.25) is 9.59 Å². The second-order valence-corrected chi connectivity index (χ2v) is 4.65. The van der Waals surface area contributed by atoms with E-state index in [-0.39, 0.29) is 23.4 Å². The summed E-state index contributed by atoms with van der Waals surface area (Å²) in [5.41, 5.74) is 0. The highest BCUT2D eigenvalue weighted by Gasteiger charge is 2.31. The summed E-state index contributed by atoms with van der Waals surface area (Å²) >= 11 is 0. The molecule has 1 saturated heterocycles. The Morgan fingerprint density at radius 3 is 2.67 bits per heavy atom. The van der Waals surface area contributed by atoms with Crippen molar-refractivity contribution in [2.75, 3.05) is 13.2 Å². The molecule has 0 radical (unpaired) electrons. The zero-order valence-electron chi connectivity index (χ0n) is 9.04. The van der Waals surface area contributed by atoms with Crippen molar-refractivity contribution in [1.82, 2.24) is 0 Å². The smallest absolute Gasteiger partial charge is 0.141 e. The van der Waals surface area contributed by atoms with Crippen molar-refractivity contribution >= 4 is 11.6 Å². The Kier molecular flexibility index (Phi) is 3.52. The van der Waals surface area contributed by atoms with E-state index in [4.69, 9.17) is 4.74 Å². The van der Waals surface area contributed by atoms with Crippen LogP contribution in [0.15, 0.2) is 0 Å². The fraction of sp³-hybridized carbons (Fsp3) is 0.833. The third kappa shape index (κ3) is 2.65. The van der Waals surface area contributed by atoms with E-state index in [0.29, 0.717) is 19.4 Å². The summed E-state index contributed by atoms with van der Waals surface area (Å²) in [6, 6.07) is 0. The first-order chi connectivity index (χ1) is 7.27. The molecular formula is C12H18O3. The van der Waals surface area contributed by atoms with Gasteiger partial charge in [-0.25, -0.2) is 0 Å². The molecule has 15 heavy (non-hydrogen) atoms. The molecule has 1 aliphatic carbocycles. The van der Waals surface area contributed by atoms with Crippen LogP contribution in [0.5, 0.6) is 0 Å². The van der Waals surface area contributed by atoms with Crippen LogP contribution in [0, 0.1) is 11.8 Å². The first kappa shape index (κ1) is 10.8. The third-order valence-corrected chi connectivity index (χ3v) is 3.45. The fourth-order valence-corrected chi connectivity index (χ4v) is 2.57. The molecule has 2 rings (SSSR count). The van der Waals surface area contributed by atoms with E-state index in [9.17, 15) is 9.59 Å². The molecule has 0 amide bonds. The van der Waals surface area contributed by atoms with Crippen LogP contribution in [0.2, 0.25) is 0 Å². The molecule has 1 saturated carbocycles. The molecule has 0 N–H and O–H groups in total. The van der Waals surface area contributed by atoms with Crippen LogP contribution >= 0.6 is 0 Å². The van der Waals surface area contributed by atoms with Crippen LogP contribution in [0.1, 0.15) is 38.5 Å².